The summed E-state index contributed by atoms with van der Waals surface area (Å²) < 4.78 is 10.3. The highest BCUT2D eigenvalue weighted by Gasteiger charge is 2.16. The SMILES string of the molecule is CNc1nnc(-c2sc(CCOC)nc2COC)s1. The number of hydrogen-bond donors (Lipinski definition) is 1. The molecule has 0 spiro atoms. The highest BCUT2D eigenvalue weighted by Crippen LogP contribution is 2.34. The summed E-state index contributed by atoms with van der Waals surface area (Å²) in [4.78, 5) is 5.62. The highest BCUT2D eigenvalue weighted by molar-refractivity contribution is 7.23. The Morgan fingerprint density at radius 3 is 2.63 bits per heavy atom. The van der Waals surface area contributed by atoms with Gasteiger partial charge in [0.1, 0.15) is 0 Å². The molecule has 2 rings (SSSR count). The van der Waals surface area contributed by atoms with Crippen LogP contribution in [0.1, 0.15) is 10.7 Å². The lowest BCUT2D eigenvalue weighted by molar-refractivity contribution is 0.181. The zero-order valence-corrected chi connectivity index (χ0v) is 12.7. The van der Waals surface area contributed by atoms with E-state index in [0.29, 0.717) is 13.2 Å². The van der Waals surface area contributed by atoms with Crippen molar-refractivity contribution in [3.63, 3.8) is 0 Å². The fourth-order valence-corrected chi connectivity index (χ4v) is 3.35. The first kappa shape index (κ1) is 14.3. The van der Waals surface area contributed by atoms with Gasteiger partial charge in [0.25, 0.3) is 0 Å². The van der Waals surface area contributed by atoms with Crippen LogP contribution in [0.25, 0.3) is 9.88 Å². The Labute approximate surface area is 119 Å². The molecule has 0 radical (unpaired) electrons. The van der Waals surface area contributed by atoms with E-state index in [0.717, 1.165) is 32.1 Å². The van der Waals surface area contributed by atoms with Crippen LogP contribution in [0.2, 0.25) is 0 Å². The van der Waals surface area contributed by atoms with Crippen LogP contribution >= 0.6 is 22.7 Å². The molecule has 0 aliphatic carbocycles. The molecule has 0 saturated carbocycles. The molecular formula is C11H16N4O2S2. The maximum atomic E-state index is 5.19. The first-order chi connectivity index (χ1) is 9.28. The molecule has 0 aliphatic rings. The average Bonchev–Trinajstić information content (AvgIpc) is 3.03. The minimum Gasteiger partial charge on any atom is -0.384 e. The predicted octanol–water partition coefficient (Wildman–Crippen LogP) is 2.04. The van der Waals surface area contributed by atoms with Gasteiger partial charge in [-0.15, -0.1) is 21.5 Å². The van der Waals surface area contributed by atoms with E-state index < -0.39 is 0 Å². The molecule has 2 aromatic heterocycles. The molecule has 0 aliphatic heterocycles. The summed E-state index contributed by atoms with van der Waals surface area (Å²) in [5.74, 6) is 0. The lowest BCUT2D eigenvalue weighted by Gasteiger charge is -1.96. The lowest BCUT2D eigenvalue weighted by Crippen LogP contribution is -1.95. The fourth-order valence-electron chi connectivity index (χ4n) is 1.51. The number of nitrogens with one attached hydrogen (secondary N) is 1. The zero-order chi connectivity index (χ0) is 13.7. The number of methoxy groups -OCH3 is 2. The van der Waals surface area contributed by atoms with E-state index in [9.17, 15) is 0 Å². The van der Waals surface area contributed by atoms with Crippen LogP contribution in [0, 0.1) is 0 Å². The van der Waals surface area contributed by atoms with Crippen molar-refractivity contribution in [2.45, 2.75) is 13.0 Å². The van der Waals surface area contributed by atoms with Crippen LogP contribution in [-0.2, 0) is 22.5 Å². The van der Waals surface area contributed by atoms with Gasteiger partial charge in [-0.2, -0.15) is 0 Å². The maximum Gasteiger partial charge on any atom is 0.205 e. The second kappa shape index (κ2) is 6.90. The van der Waals surface area contributed by atoms with Crippen molar-refractivity contribution >= 4 is 27.8 Å². The van der Waals surface area contributed by atoms with Gasteiger partial charge in [0, 0.05) is 27.7 Å². The van der Waals surface area contributed by atoms with Gasteiger partial charge in [0.15, 0.2) is 5.01 Å². The van der Waals surface area contributed by atoms with Crippen LogP contribution in [0.15, 0.2) is 0 Å². The zero-order valence-electron chi connectivity index (χ0n) is 11.1. The number of anilines is 1. The highest BCUT2D eigenvalue weighted by atomic mass is 32.1. The van der Waals surface area contributed by atoms with Gasteiger partial charge >= 0.3 is 0 Å². The Hall–Kier alpha value is -1.09. The predicted molar refractivity (Wildman–Crippen MR) is 76.9 cm³/mol. The molecular weight excluding hydrogens is 284 g/mol. The lowest BCUT2D eigenvalue weighted by atomic mass is 10.4. The van der Waals surface area contributed by atoms with Crippen LogP contribution < -0.4 is 5.32 Å². The topological polar surface area (TPSA) is 69.2 Å². The maximum absolute atomic E-state index is 5.19. The van der Waals surface area contributed by atoms with Gasteiger partial charge in [-0.25, -0.2) is 4.98 Å². The van der Waals surface area contributed by atoms with Gasteiger partial charge in [-0.3, -0.25) is 0 Å². The van der Waals surface area contributed by atoms with E-state index in [4.69, 9.17) is 9.47 Å². The largest absolute Gasteiger partial charge is 0.384 e. The minimum absolute atomic E-state index is 0.479. The molecule has 2 aromatic rings. The summed E-state index contributed by atoms with van der Waals surface area (Å²) >= 11 is 3.14. The molecule has 0 amide bonds. The Kier molecular flexibility index (Phi) is 5.20. The normalized spacial score (nSPS) is 10.9. The summed E-state index contributed by atoms with van der Waals surface area (Å²) in [6.07, 6.45) is 0.801. The van der Waals surface area contributed by atoms with Crippen molar-refractivity contribution in [3.8, 4) is 9.88 Å². The van der Waals surface area contributed by atoms with Crippen molar-refractivity contribution < 1.29 is 9.47 Å². The van der Waals surface area contributed by atoms with Gasteiger partial charge < -0.3 is 14.8 Å². The summed E-state index contributed by atoms with van der Waals surface area (Å²) in [5.41, 5.74) is 0.914. The second-order valence-corrected chi connectivity index (χ2v) is 5.78. The van der Waals surface area contributed by atoms with Crippen LogP contribution in [-0.4, -0.2) is 43.1 Å². The third-order valence-corrected chi connectivity index (χ3v) is 4.63. The quantitative estimate of drug-likeness (QED) is 0.844. The molecule has 19 heavy (non-hydrogen) atoms. The molecule has 0 fully saturated rings. The smallest absolute Gasteiger partial charge is 0.205 e. The van der Waals surface area contributed by atoms with Gasteiger partial charge in [-0.1, -0.05) is 11.3 Å². The minimum atomic E-state index is 0.479. The number of thiazole rings is 1. The standard InChI is InChI=1S/C11H16N4O2S2/c1-12-11-15-14-10(19-11)9-7(6-17-3)13-8(18-9)4-5-16-2/h4-6H2,1-3H3,(H,12,15). The van der Waals surface area contributed by atoms with E-state index in [2.05, 4.69) is 20.5 Å². The molecule has 0 bridgehead atoms. The first-order valence-electron chi connectivity index (χ1n) is 5.76. The molecule has 0 aromatic carbocycles. The van der Waals surface area contributed by atoms with Gasteiger partial charge in [0.2, 0.25) is 5.13 Å². The Morgan fingerprint density at radius 1 is 1.16 bits per heavy atom. The summed E-state index contributed by atoms with van der Waals surface area (Å²) in [6.45, 7) is 1.14. The molecule has 6 nitrogen and oxygen atoms in total. The van der Waals surface area contributed by atoms with Crippen LogP contribution in [0.4, 0.5) is 5.13 Å². The Morgan fingerprint density at radius 2 is 2.00 bits per heavy atom. The summed E-state index contributed by atoms with van der Waals surface area (Å²) in [7, 11) is 5.18. The number of rotatable bonds is 7. The average molecular weight is 300 g/mol. The van der Waals surface area contributed by atoms with E-state index >= 15 is 0 Å². The van der Waals surface area contributed by atoms with E-state index in [1.54, 1.807) is 25.6 Å². The molecule has 2 heterocycles. The van der Waals surface area contributed by atoms with E-state index in [1.807, 2.05) is 7.05 Å². The van der Waals surface area contributed by atoms with Crippen molar-refractivity contribution in [1.29, 1.82) is 0 Å². The third-order valence-electron chi connectivity index (χ3n) is 2.38. The van der Waals surface area contributed by atoms with Crippen LogP contribution in [0.3, 0.4) is 0 Å². The number of aromatic nitrogens is 3. The Balaban J connectivity index is 2.28. The third kappa shape index (κ3) is 3.47. The van der Waals surface area contributed by atoms with Gasteiger partial charge in [0.05, 0.1) is 28.8 Å². The van der Waals surface area contributed by atoms with Crippen molar-refractivity contribution in [2.75, 3.05) is 33.2 Å². The number of nitrogens with zero attached hydrogens (tertiary/aromatic N) is 3. The van der Waals surface area contributed by atoms with Crippen molar-refractivity contribution in [2.24, 2.45) is 0 Å². The van der Waals surface area contributed by atoms with E-state index in [-0.39, 0.29) is 0 Å². The van der Waals surface area contributed by atoms with Crippen LogP contribution in [0.5, 0.6) is 0 Å². The number of hydrogen-bond acceptors (Lipinski definition) is 8. The molecule has 1 N–H and O–H groups in total. The molecule has 0 saturated heterocycles. The molecule has 0 atom stereocenters. The van der Waals surface area contributed by atoms with Crippen molar-refractivity contribution in [3.05, 3.63) is 10.7 Å². The molecule has 104 valence electrons. The fraction of sp³-hybridized carbons (Fsp3) is 0.545. The molecule has 0 unspecified atom stereocenters. The Bertz CT molecular complexity index is 526. The first-order valence-corrected chi connectivity index (χ1v) is 7.39. The summed E-state index contributed by atoms with van der Waals surface area (Å²) in [6, 6.07) is 0. The monoisotopic (exact) mass is 300 g/mol. The number of ether oxygens (including phenoxy) is 2. The summed E-state index contributed by atoms with van der Waals surface area (Å²) in [5, 5.41) is 13.9. The van der Waals surface area contributed by atoms with Gasteiger partial charge in [-0.05, 0) is 0 Å². The second-order valence-electron chi connectivity index (χ2n) is 3.72. The molecule has 8 heteroatoms. The van der Waals surface area contributed by atoms with E-state index in [1.165, 1.54) is 11.3 Å². The van der Waals surface area contributed by atoms with Crippen molar-refractivity contribution in [1.82, 2.24) is 15.2 Å².